The summed E-state index contributed by atoms with van der Waals surface area (Å²) in [6, 6.07) is 9.51. The highest BCUT2D eigenvalue weighted by Crippen LogP contribution is 2.15. The molecule has 3 N–H and O–H groups in total. The first kappa shape index (κ1) is 16.5. The van der Waals surface area contributed by atoms with E-state index in [1.54, 1.807) is 0 Å². The van der Waals surface area contributed by atoms with Gasteiger partial charge in [0.25, 0.3) is 0 Å². The molecule has 4 nitrogen and oxygen atoms in total. The van der Waals surface area contributed by atoms with E-state index in [1.807, 2.05) is 37.3 Å². The molecular formula is C16H26N2O2. The molecule has 0 bridgehead atoms. The maximum atomic E-state index is 12.0. The van der Waals surface area contributed by atoms with Gasteiger partial charge in [0.2, 0.25) is 0 Å². The summed E-state index contributed by atoms with van der Waals surface area (Å²) in [5.74, 6) is 0.549. The molecule has 0 saturated carbocycles. The third-order valence-electron chi connectivity index (χ3n) is 3.13. The van der Waals surface area contributed by atoms with E-state index in [-0.39, 0.29) is 24.7 Å². The fourth-order valence-electron chi connectivity index (χ4n) is 2.33. The average Bonchev–Trinajstić information content (AvgIpc) is 2.38. The van der Waals surface area contributed by atoms with Gasteiger partial charge < -0.3 is 15.7 Å². The van der Waals surface area contributed by atoms with E-state index in [9.17, 15) is 4.79 Å². The summed E-state index contributed by atoms with van der Waals surface area (Å²) in [7, 11) is 0. The number of aliphatic hydroxyl groups is 1. The third-order valence-corrected chi connectivity index (χ3v) is 3.13. The molecule has 2 atom stereocenters. The van der Waals surface area contributed by atoms with Crippen LogP contribution in [0.25, 0.3) is 0 Å². The minimum Gasteiger partial charge on any atom is -0.396 e. The molecule has 20 heavy (non-hydrogen) atoms. The minimum atomic E-state index is -0.180. The Kier molecular flexibility index (Phi) is 7.09. The largest absolute Gasteiger partial charge is 0.396 e. The van der Waals surface area contributed by atoms with Crippen LogP contribution in [0, 0.1) is 5.92 Å². The molecule has 2 amide bonds. The van der Waals surface area contributed by atoms with Crippen molar-refractivity contribution in [2.24, 2.45) is 5.92 Å². The molecule has 0 saturated heterocycles. The van der Waals surface area contributed by atoms with E-state index in [0.29, 0.717) is 12.3 Å². The molecule has 0 spiro atoms. The van der Waals surface area contributed by atoms with Crippen molar-refractivity contribution in [3.63, 3.8) is 0 Å². The molecule has 112 valence electrons. The summed E-state index contributed by atoms with van der Waals surface area (Å²) < 4.78 is 0. The third kappa shape index (κ3) is 6.06. The monoisotopic (exact) mass is 278 g/mol. The van der Waals surface area contributed by atoms with Crippen molar-refractivity contribution in [2.45, 2.75) is 45.7 Å². The van der Waals surface area contributed by atoms with Crippen molar-refractivity contribution in [3.05, 3.63) is 35.9 Å². The molecule has 0 heterocycles. The summed E-state index contributed by atoms with van der Waals surface area (Å²) in [5.41, 5.74) is 1.01. The highest BCUT2D eigenvalue weighted by Gasteiger charge is 2.15. The van der Waals surface area contributed by atoms with Crippen molar-refractivity contribution in [2.75, 3.05) is 6.61 Å². The second-order valence-electron chi connectivity index (χ2n) is 5.62. The smallest absolute Gasteiger partial charge is 0.315 e. The lowest BCUT2D eigenvalue weighted by Crippen LogP contribution is -2.43. The lowest BCUT2D eigenvalue weighted by molar-refractivity contribution is 0.225. The number of aliphatic hydroxyl groups excluding tert-OH is 1. The Morgan fingerprint density at radius 3 is 2.35 bits per heavy atom. The highest BCUT2D eigenvalue weighted by atomic mass is 16.3. The number of hydrogen-bond donors (Lipinski definition) is 3. The number of amides is 2. The van der Waals surface area contributed by atoms with Gasteiger partial charge in [-0.2, -0.15) is 0 Å². The second-order valence-corrected chi connectivity index (χ2v) is 5.62. The van der Waals surface area contributed by atoms with Gasteiger partial charge in [0.05, 0.1) is 6.04 Å². The van der Waals surface area contributed by atoms with Crippen molar-refractivity contribution in [3.8, 4) is 0 Å². The minimum absolute atomic E-state index is 0.0430. The van der Waals surface area contributed by atoms with Crippen LogP contribution < -0.4 is 10.6 Å². The molecule has 0 fully saturated rings. The lowest BCUT2D eigenvalue weighted by atomic mass is 10.0. The first-order chi connectivity index (χ1) is 9.52. The summed E-state index contributed by atoms with van der Waals surface area (Å²) in [4.78, 5) is 12.0. The number of benzene rings is 1. The van der Waals surface area contributed by atoms with Crippen molar-refractivity contribution >= 4 is 6.03 Å². The van der Waals surface area contributed by atoms with E-state index in [1.165, 1.54) is 0 Å². The van der Waals surface area contributed by atoms with E-state index in [2.05, 4.69) is 24.5 Å². The Morgan fingerprint density at radius 1 is 1.15 bits per heavy atom. The number of nitrogens with one attached hydrogen (secondary N) is 2. The van der Waals surface area contributed by atoms with E-state index < -0.39 is 0 Å². The van der Waals surface area contributed by atoms with Gasteiger partial charge in [-0.1, -0.05) is 44.2 Å². The van der Waals surface area contributed by atoms with Crippen LogP contribution in [0.4, 0.5) is 4.79 Å². The molecule has 0 aromatic heterocycles. The number of rotatable bonds is 7. The lowest BCUT2D eigenvalue weighted by Gasteiger charge is -2.21. The predicted octanol–water partition coefficient (Wildman–Crippen LogP) is 2.84. The number of urea groups is 1. The molecule has 1 unspecified atom stereocenters. The number of carbonyl (C=O) groups excluding carboxylic acids is 1. The fourth-order valence-corrected chi connectivity index (χ4v) is 2.33. The van der Waals surface area contributed by atoms with E-state index >= 15 is 0 Å². The topological polar surface area (TPSA) is 61.4 Å². The molecule has 0 aliphatic carbocycles. The quantitative estimate of drug-likeness (QED) is 0.718. The Hall–Kier alpha value is -1.55. The van der Waals surface area contributed by atoms with Crippen molar-refractivity contribution in [1.29, 1.82) is 0 Å². The van der Waals surface area contributed by atoms with Crippen LogP contribution in [0.2, 0.25) is 0 Å². The van der Waals surface area contributed by atoms with E-state index in [0.717, 1.165) is 12.0 Å². The molecule has 4 heteroatoms. The van der Waals surface area contributed by atoms with Gasteiger partial charge in [-0.05, 0) is 31.2 Å². The zero-order chi connectivity index (χ0) is 15.0. The standard InChI is InChI=1S/C16H26N2O2/c1-12(2)11-13(3)17-16(20)18-15(9-10-19)14-7-5-4-6-8-14/h4-8,12-13,15,19H,9-11H2,1-3H3,(H2,17,18,20)/t13?,15-/m1/s1. The van der Waals surface area contributed by atoms with Crippen LogP contribution in [0.3, 0.4) is 0 Å². The second kappa shape index (κ2) is 8.59. The van der Waals surface area contributed by atoms with Gasteiger partial charge in [0, 0.05) is 12.6 Å². The van der Waals surface area contributed by atoms with Crippen LogP contribution in [-0.2, 0) is 0 Å². The van der Waals surface area contributed by atoms with E-state index in [4.69, 9.17) is 5.11 Å². The van der Waals surface area contributed by atoms with Gasteiger partial charge in [-0.3, -0.25) is 0 Å². The highest BCUT2D eigenvalue weighted by molar-refractivity contribution is 5.74. The first-order valence-corrected chi connectivity index (χ1v) is 7.25. The Bertz CT molecular complexity index is 393. The summed E-state index contributed by atoms with van der Waals surface area (Å²) in [6.45, 7) is 6.31. The van der Waals surface area contributed by atoms with Gasteiger partial charge in [0.15, 0.2) is 0 Å². The number of hydrogen-bond acceptors (Lipinski definition) is 2. The average molecular weight is 278 g/mol. The van der Waals surface area contributed by atoms with Gasteiger partial charge in [-0.15, -0.1) is 0 Å². The van der Waals surface area contributed by atoms with Crippen LogP contribution in [0.15, 0.2) is 30.3 Å². The molecular weight excluding hydrogens is 252 g/mol. The normalized spacial score (nSPS) is 13.8. The Balaban J connectivity index is 2.55. The predicted molar refractivity (Wildman–Crippen MR) is 81.5 cm³/mol. The molecule has 1 aromatic rings. The SMILES string of the molecule is CC(C)CC(C)NC(=O)N[C@H](CCO)c1ccccc1. The Morgan fingerprint density at radius 2 is 1.80 bits per heavy atom. The van der Waals surface area contributed by atoms with Gasteiger partial charge >= 0.3 is 6.03 Å². The number of carbonyl (C=O) groups is 1. The zero-order valence-corrected chi connectivity index (χ0v) is 12.6. The molecule has 1 rings (SSSR count). The maximum absolute atomic E-state index is 12.0. The van der Waals surface area contributed by atoms with Crippen LogP contribution >= 0.6 is 0 Å². The van der Waals surface area contributed by atoms with Gasteiger partial charge in [-0.25, -0.2) is 4.79 Å². The van der Waals surface area contributed by atoms with Crippen molar-refractivity contribution in [1.82, 2.24) is 10.6 Å². The summed E-state index contributed by atoms with van der Waals surface area (Å²) in [6.07, 6.45) is 1.46. The molecule has 0 aliphatic rings. The van der Waals surface area contributed by atoms with Gasteiger partial charge in [0.1, 0.15) is 0 Å². The Labute approximate surface area is 121 Å². The van der Waals surface area contributed by atoms with Crippen molar-refractivity contribution < 1.29 is 9.90 Å². The molecule has 0 aliphatic heterocycles. The van der Waals surface area contributed by atoms with Crippen LogP contribution in [0.1, 0.15) is 45.2 Å². The summed E-state index contributed by atoms with van der Waals surface area (Å²) >= 11 is 0. The molecule has 1 aromatic carbocycles. The van der Waals surface area contributed by atoms with Crippen LogP contribution in [0.5, 0.6) is 0 Å². The van der Waals surface area contributed by atoms with Crippen LogP contribution in [-0.4, -0.2) is 23.8 Å². The zero-order valence-electron chi connectivity index (χ0n) is 12.6. The first-order valence-electron chi connectivity index (χ1n) is 7.25. The molecule has 0 radical (unpaired) electrons. The fraction of sp³-hybridized carbons (Fsp3) is 0.562. The summed E-state index contributed by atoms with van der Waals surface area (Å²) in [5, 5.41) is 15.0. The maximum Gasteiger partial charge on any atom is 0.315 e.